The van der Waals surface area contributed by atoms with E-state index in [1.807, 2.05) is 48.5 Å². The van der Waals surface area contributed by atoms with E-state index in [0.29, 0.717) is 12.1 Å². The maximum atomic E-state index is 11.0. The molecule has 0 amide bonds. The van der Waals surface area contributed by atoms with Crippen molar-refractivity contribution in [3.63, 3.8) is 0 Å². The molecule has 3 rings (SSSR count). The lowest BCUT2D eigenvalue weighted by molar-refractivity contribution is 0.0697. The van der Waals surface area contributed by atoms with Crippen LogP contribution < -0.4 is 4.90 Å². The molecule has 0 spiro atoms. The van der Waals surface area contributed by atoms with Gasteiger partial charge in [-0.3, -0.25) is 0 Å². The van der Waals surface area contributed by atoms with Crippen LogP contribution in [0.4, 0.5) is 11.4 Å². The molecule has 0 atom stereocenters. The number of anilines is 2. The summed E-state index contributed by atoms with van der Waals surface area (Å²) < 4.78 is 0. The molecule has 0 aliphatic rings. The normalized spacial score (nSPS) is 10.3. The predicted octanol–water partition coefficient (Wildman–Crippen LogP) is 4.72. The molecule has 3 nitrogen and oxygen atoms in total. The first-order valence-electron chi connectivity index (χ1n) is 7.44. The molecule has 0 bridgehead atoms. The second-order valence-electron chi connectivity index (χ2n) is 5.26. The lowest BCUT2D eigenvalue weighted by Gasteiger charge is -2.25. The largest absolute Gasteiger partial charge is 0.478 e. The second kappa shape index (κ2) is 6.79. The van der Waals surface area contributed by atoms with Crippen molar-refractivity contribution in [2.24, 2.45) is 0 Å². The van der Waals surface area contributed by atoms with E-state index < -0.39 is 5.97 Å². The molecule has 0 unspecified atom stereocenters. The molecule has 0 aliphatic heterocycles. The van der Waals surface area contributed by atoms with Gasteiger partial charge in [-0.25, -0.2) is 4.79 Å². The number of para-hydroxylation sites is 2. The number of benzene rings is 3. The summed E-state index contributed by atoms with van der Waals surface area (Å²) in [4.78, 5) is 13.2. The van der Waals surface area contributed by atoms with Crippen molar-refractivity contribution in [2.45, 2.75) is 6.54 Å². The number of aromatic carboxylic acids is 1. The third kappa shape index (κ3) is 3.58. The summed E-state index contributed by atoms with van der Waals surface area (Å²) in [7, 11) is 0. The van der Waals surface area contributed by atoms with Crippen LogP contribution in [0.1, 0.15) is 15.9 Å². The van der Waals surface area contributed by atoms with E-state index in [1.54, 1.807) is 12.1 Å². The Balaban J connectivity index is 1.92. The molecule has 0 aromatic heterocycles. The van der Waals surface area contributed by atoms with Crippen LogP contribution in [0.25, 0.3) is 0 Å². The average molecular weight is 303 g/mol. The van der Waals surface area contributed by atoms with Crippen LogP contribution in [0.3, 0.4) is 0 Å². The molecule has 0 heterocycles. The van der Waals surface area contributed by atoms with Crippen LogP contribution in [0, 0.1) is 0 Å². The van der Waals surface area contributed by atoms with Crippen LogP contribution in [0.2, 0.25) is 0 Å². The molecule has 0 fully saturated rings. The number of hydrogen-bond acceptors (Lipinski definition) is 2. The third-order valence-electron chi connectivity index (χ3n) is 3.68. The highest BCUT2D eigenvalue weighted by Crippen LogP contribution is 2.27. The summed E-state index contributed by atoms with van der Waals surface area (Å²) in [5.41, 5.74) is 3.56. The first-order valence-corrected chi connectivity index (χ1v) is 7.44. The van der Waals surface area contributed by atoms with Gasteiger partial charge in [-0.1, -0.05) is 48.5 Å². The van der Waals surface area contributed by atoms with Crippen LogP contribution in [0.5, 0.6) is 0 Å². The molecular formula is C20H17NO2. The van der Waals surface area contributed by atoms with E-state index in [1.165, 1.54) is 0 Å². The minimum Gasteiger partial charge on any atom is -0.478 e. The maximum absolute atomic E-state index is 11.0. The van der Waals surface area contributed by atoms with Crippen molar-refractivity contribution in [3.8, 4) is 0 Å². The van der Waals surface area contributed by atoms with Crippen molar-refractivity contribution in [2.75, 3.05) is 4.90 Å². The Morgan fingerprint density at radius 1 is 0.739 bits per heavy atom. The van der Waals surface area contributed by atoms with Crippen LogP contribution in [-0.4, -0.2) is 11.1 Å². The summed E-state index contributed by atoms with van der Waals surface area (Å²) in [6, 6.07) is 27.3. The molecular weight excluding hydrogens is 286 g/mol. The maximum Gasteiger partial charge on any atom is 0.335 e. The Morgan fingerprint density at radius 2 is 1.22 bits per heavy atom. The van der Waals surface area contributed by atoms with Crippen molar-refractivity contribution >= 4 is 17.3 Å². The number of carboxylic acids is 1. The average Bonchev–Trinajstić information content (AvgIpc) is 2.61. The van der Waals surface area contributed by atoms with Crippen LogP contribution in [-0.2, 0) is 6.54 Å². The van der Waals surface area contributed by atoms with Gasteiger partial charge in [0.25, 0.3) is 0 Å². The van der Waals surface area contributed by atoms with Crippen molar-refractivity contribution in [1.29, 1.82) is 0 Å². The van der Waals surface area contributed by atoms with Gasteiger partial charge in [0.2, 0.25) is 0 Å². The topological polar surface area (TPSA) is 40.5 Å². The molecule has 3 heteroatoms. The Labute approximate surface area is 135 Å². The summed E-state index contributed by atoms with van der Waals surface area (Å²) >= 11 is 0. The Bertz CT molecular complexity index is 728. The van der Waals surface area contributed by atoms with E-state index in [9.17, 15) is 4.79 Å². The van der Waals surface area contributed by atoms with Crippen molar-refractivity contribution in [3.05, 3.63) is 96.1 Å². The molecule has 0 aliphatic carbocycles. The number of carboxylic acid groups (broad SMARTS) is 1. The molecule has 0 saturated heterocycles. The third-order valence-corrected chi connectivity index (χ3v) is 3.68. The van der Waals surface area contributed by atoms with E-state index in [0.717, 1.165) is 16.9 Å². The summed E-state index contributed by atoms with van der Waals surface area (Å²) in [6.07, 6.45) is 0. The summed E-state index contributed by atoms with van der Waals surface area (Å²) in [5, 5.41) is 9.00. The van der Waals surface area contributed by atoms with Gasteiger partial charge in [0.1, 0.15) is 0 Å². The first kappa shape index (κ1) is 14.9. The fourth-order valence-corrected chi connectivity index (χ4v) is 2.48. The van der Waals surface area contributed by atoms with E-state index >= 15 is 0 Å². The highest BCUT2D eigenvalue weighted by Gasteiger charge is 2.10. The van der Waals surface area contributed by atoms with Gasteiger partial charge in [-0.15, -0.1) is 0 Å². The van der Waals surface area contributed by atoms with E-state index in [2.05, 4.69) is 29.2 Å². The second-order valence-corrected chi connectivity index (χ2v) is 5.26. The zero-order valence-corrected chi connectivity index (χ0v) is 12.6. The lowest BCUT2D eigenvalue weighted by Crippen LogP contribution is -2.16. The number of carbonyl (C=O) groups is 1. The zero-order chi connectivity index (χ0) is 16.1. The van der Waals surface area contributed by atoms with Crippen molar-refractivity contribution in [1.82, 2.24) is 0 Å². The summed E-state index contributed by atoms with van der Waals surface area (Å²) in [5.74, 6) is -0.903. The van der Waals surface area contributed by atoms with Gasteiger partial charge in [-0.05, 0) is 42.0 Å². The monoisotopic (exact) mass is 303 g/mol. The lowest BCUT2D eigenvalue weighted by atomic mass is 10.1. The van der Waals surface area contributed by atoms with Crippen LogP contribution >= 0.6 is 0 Å². The molecule has 0 radical (unpaired) electrons. The molecule has 23 heavy (non-hydrogen) atoms. The molecule has 3 aromatic carbocycles. The number of rotatable bonds is 5. The molecule has 0 saturated carbocycles. The minimum absolute atomic E-state index is 0.305. The smallest absolute Gasteiger partial charge is 0.335 e. The Morgan fingerprint density at radius 3 is 1.65 bits per heavy atom. The van der Waals surface area contributed by atoms with Gasteiger partial charge in [0.15, 0.2) is 0 Å². The van der Waals surface area contributed by atoms with Gasteiger partial charge in [0.05, 0.1) is 5.56 Å². The highest BCUT2D eigenvalue weighted by molar-refractivity contribution is 5.87. The van der Waals surface area contributed by atoms with Crippen LogP contribution in [0.15, 0.2) is 84.9 Å². The van der Waals surface area contributed by atoms with Gasteiger partial charge in [0, 0.05) is 17.9 Å². The summed E-state index contributed by atoms with van der Waals surface area (Å²) in [6.45, 7) is 0.675. The van der Waals surface area contributed by atoms with Gasteiger partial charge < -0.3 is 10.0 Å². The van der Waals surface area contributed by atoms with E-state index in [4.69, 9.17) is 5.11 Å². The molecule has 114 valence electrons. The number of nitrogens with zero attached hydrogens (tertiary/aromatic N) is 1. The Hall–Kier alpha value is -3.07. The zero-order valence-electron chi connectivity index (χ0n) is 12.6. The fraction of sp³-hybridized carbons (Fsp3) is 0.0500. The fourth-order valence-electron chi connectivity index (χ4n) is 2.48. The van der Waals surface area contributed by atoms with Crippen molar-refractivity contribution < 1.29 is 9.90 Å². The van der Waals surface area contributed by atoms with E-state index in [-0.39, 0.29) is 0 Å². The van der Waals surface area contributed by atoms with Gasteiger partial charge in [-0.2, -0.15) is 0 Å². The first-order chi connectivity index (χ1) is 11.2. The van der Waals surface area contributed by atoms with Gasteiger partial charge >= 0.3 is 5.97 Å². The molecule has 3 aromatic rings. The molecule has 1 N–H and O–H groups in total. The number of hydrogen-bond donors (Lipinski definition) is 1. The minimum atomic E-state index is -0.903. The SMILES string of the molecule is O=C(O)c1ccc(CN(c2ccccc2)c2ccccc2)cc1. The highest BCUT2D eigenvalue weighted by atomic mass is 16.4. The standard InChI is InChI=1S/C20H17NO2/c22-20(23)17-13-11-16(12-14-17)15-21(18-7-3-1-4-8-18)19-9-5-2-6-10-19/h1-14H,15H2,(H,22,23). The quantitative estimate of drug-likeness (QED) is 0.741. The predicted molar refractivity (Wildman–Crippen MR) is 92.1 cm³/mol. The Kier molecular flexibility index (Phi) is 4.39.